The highest BCUT2D eigenvalue weighted by Gasteiger charge is 2.05. The molecule has 0 radical (unpaired) electrons. The normalized spacial score (nSPS) is 13.2. The Kier molecular flexibility index (Phi) is 3.77. The maximum atomic E-state index is 9.94. The number of hydrogen-bond donors (Lipinski definition) is 2. The minimum absolute atomic E-state index is 0.251. The van der Waals surface area contributed by atoms with Crippen LogP contribution in [0.25, 0.3) is 0 Å². The zero-order chi connectivity index (χ0) is 9.78. The van der Waals surface area contributed by atoms with Crippen LogP contribution in [0.4, 0.5) is 0 Å². The topological polar surface area (TPSA) is 111 Å². The van der Waals surface area contributed by atoms with Crippen molar-refractivity contribution in [2.75, 3.05) is 0 Å². The minimum atomic E-state index is -4.60. The molecule has 3 N–H and O–H groups in total. The van der Waals surface area contributed by atoms with Gasteiger partial charge in [-0.2, -0.15) is 8.42 Å². The fourth-order valence-electron chi connectivity index (χ4n) is 0.347. The van der Waals surface area contributed by atoms with Crippen molar-refractivity contribution in [1.82, 2.24) is 0 Å². The quantitative estimate of drug-likeness (QED) is 0.272. The third kappa shape index (κ3) is 7.09. The second-order valence-electron chi connectivity index (χ2n) is 2.10. The van der Waals surface area contributed by atoms with E-state index in [1.165, 1.54) is 0 Å². The fourth-order valence-corrected chi connectivity index (χ4v) is 0.514. The van der Waals surface area contributed by atoms with E-state index in [4.69, 9.17) is 10.3 Å². The van der Waals surface area contributed by atoms with Gasteiger partial charge in [0.25, 0.3) is 0 Å². The van der Waals surface area contributed by atoms with Gasteiger partial charge in [-0.1, -0.05) is 0 Å². The van der Waals surface area contributed by atoms with Crippen molar-refractivity contribution in [3.05, 3.63) is 0 Å². The standard InChI is InChI=1S/C4H10N2O5S/c1-3(2)10-4(5)6-11-12(7,8)9/h3H,1-2H3,(H2,5,6)(H,7,8,9). The van der Waals surface area contributed by atoms with Gasteiger partial charge < -0.3 is 10.5 Å². The minimum Gasteiger partial charge on any atom is -0.461 e. The fraction of sp³-hybridized carbons (Fsp3) is 0.750. The number of rotatable bonds is 3. The number of hydrogen-bond acceptors (Lipinski definition) is 5. The van der Waals surface area contributed by atoms with Crippen molar-refractivity contribution >= 4 is 16.4 Å². The zero-order valence-electron chi connectivity index (χ0n) is 6.59. The van der Waals surface area contributed by atoms with Gasteiger partial charge in [-0.15, -0.1) is 0 Å². The molecule has 72 valence electrons. The molecule has 8 heteroatoms. The maximum Gasteiger partial charge on any atom is 0.466 e. The summed E-state index contributed by atoms with van der Waals surface area (Å²) in [6, 6.07) is -0.470. The molecular weight excluding hydrogens is 188 g/mol. The summed E-state index contributed by atoms with van der Waals surface area (Å²) in [4.78, 5) is 0. The molecular formula is C4H10N2O5S. The van der Waals surface area contributed by atoms with Gasteiger partial charge in [-0.3, -0.25) is 4.55 Å². The van der Waals surface area contributed by atoms with Gasteiger partial charge in [0.1, 0.15) is 0 Å². The lowest BCUT2D eigenvalue weighted by Gasteiger charge is -2.05. The largest absolute Gasteiger partial charge is 0.466 e. The molecule has 0 rings (SSSR count). The first-order valence-corrected chi connectivity index (χ1v) is 4.34. The molecule has 7 nitrogen and oxygen atoms in total. The molecule has 0 saturated carbocycles. The predicted octanol–water partition coefficient (Wildman–Crippen LogP) is -0.539. The number of nitrogens with zero attached hydrogens (tertiary/aromatic N) is 1. The third-order valence-electron chi connectivity index (χ3n) is 0.578. The summed E-state index contributed by atoms with van der Waals surface area (Å²) in [5.41, 5.74) is 5.01. The summed E-state index contributed by atoms with van der Waals surface area (Å²) in [5.74, 6) is 0. The maximum absolute atomic E-state index is 9.94. The van der Waals surface area contributed by atoms with E-state index in [2.05, 4.69) is 14.2 Å². The lowest BCUT2D eigenvalue weighted by atomic mass is 10.5. The van der Waals surface area contributed by atoms with Crippen LogP contribution in [-0.2, 0) is 19.4 Å². The van der Waals surface area contributed by atoms with E-state index in [1.54, 1.807) is 13.8 Å². The molecule has 0 aliphatic rings. The van der Waals surface area contributed by atoms with Crippen LogP contribution in [0.3, 0.4) is 0 Å². The molecule has 0 aliphatic carbocycles. The molecule has 0 aromatic carbocycles. The van der Waals surface area contributed by atoms with Crippen molar-refractivity contribution in [3.63, 3.8) is 0 Å². The second-order valence-corrected chi connectivity index (χ2v) is 3.10. The lowest BCUT2D eigenvalue weighted by Crippen LogP contribution is -2.21. The first kappa shape index (κ1) is 11.0. The van der Waals surface area contributed by atoms with Crippen molar-refractivity contribution < 1.29 is 22.0 Å². The molecule has 0 aromatic rings. The van der Waals surface area contributed by atoms with E-state index >= 15 is 0 Å². The second kappa shape index (κ2) is 4.12. The van der Waals surface area contributed by atoms with Gasteiger partial charge in [-0.05, 0) is 19.0 Å². The van der Waals surface area contributed by atoms with Crippen molar-refractivity contribution in [3.8, 4) is 0 Å². The van der Waals surface area contributed by atoms with E-state index in [9.17, 15) is 8.42 Å². The molecule has 0 unspecified atom stereocenters. The number of nitrogens with two attached hydrogens (primary N) is 1. The smallest absolute Gasteiger partial charge is 0.461 e. The Morgan fingerprint density at radius 2 is 2.08 bits per heavy atom. The van der Waals surface area contributed by atoms with Crippen molar-refractivity contribution in [1.29, 1.82) is 0 Å². The van der Waals surface area contributed by atoms with Crippen LogP contribution in [0.5, 0.6) is 0 Å². The van der Waals surface area contributed by atoms with Crippen LogP contribution in [-0.4, -0.2) is 25.1 Å². The predicted molar refractivity (Wildman–Crippen MR) is 40.5 cm³/mol. The highest BCUT2D eigenvalue weighted by atomic mass is 32.3. The number of oxime groups is 1. The number of ether oxygens (including phenoxy) is 1. The van der Waals surface area contributed by atoms with Crippen LogP contribution in [0, 0.1) is 0 Å². The molecule has 0 heterocycles. The Labute approximate surface area is 70.1 Å². The van der Waals surface area contributed by atoms with E-state index in [1.807, 2.05) is 0 Å². The number of amidine groups is 1. The van der Waals surface area contributed by atoms with Crippen LogP contribution < -0.4 is 5.73 Å². The van der Waals surface area contributed by atoms with Crippen molar-refractivity contribution in [2.45, 2.75) is 20.0 Å². The molecule has 0 aliphatic heterocycles. The third-order valence-corrected chi connectivity index (χ3v) is 0.841. The van der Waals surface area contributed by atoms with Crippen molar-refractivity contribution in [2.24, 2.45) is 10.9 Å². The molecule has 0 saturated heterocycles. The molecule has 12 heavy (non-hydrogen) atoms. The average molecular weight is 198 g/mol. The SMILES string of the molecule is CC(C)O/C(N)=N/OS(=O)(=O)O. The average Bonchev–Trinajstić information content (AvgIpc) is 1.80. The van der Waals surface area contributed by atoms with Gasteiger partial charge in [-0.25, -0.2) is 4.28 Å². The first-order valence-electron chi connectivity index (χ1n) is 2.97. The lowest BCUT2D eigenvalue weighted by molar-refractivity contribution is 0.200. The van der Waals surface area contributed by atoms with E-state index in [0.717, 1.165) is 0 Å². The summed E-state index contributed by atoms with van der Waals surface area (Å²) < 4.78 is 36.1. The Hall–Kier alpha value is -1.02. The first-order chi connectivity index (χ1) is 5.31. The van der Waals surface area contributed by atoms with Gasteiger partial charge in [0.2, 0.25) is 0 Å². The van der Waals surface area contributed by atoms with E-state index in [0.29, 0.717) is 0 Å². The highest BCUT2D eigenvalue weighted by Crippen LogP contribution is 1.90. The Bertz CT molecular complexity index is 257. The Morgan fingerprint density at radius 1 is 1.58 bits per heavy atom. The van der Waals surface area contributed by atoms with E-state index in [-0.39, 0.29) is 6.10 Å². The highest BCUT2D eigenvalue weighted by molar-refractivity contribution is 7.80. The van der Waals surface area contributed by atoms with Crippen LogP contribution >= 0.6 is 0 Å². The molecule has 0 spiro atoms. The summed E-state index contributed by atoms with van der Waals surface area (Å²) in [7, 11) is -4.60. The van der Waals surface area contributed by atoms with Crippen LogP contribution in [0.15, 0.2) is 5.16 Å². The molecule has 0 fully saturated rings. The monoisotopic (exact) mass is 198 g/mol. The van der Waals surface area contributed by atoms with Gasteiger partial charge in [0.15, 0.2) is 0 Å². The molecule has 0 atom stereocenters. The Balaban J connectivity index is 4.02. The Morgan fingerprint density at radius 3 is 2.42 bits per heavy atom. The zero-order valence-corrected chi connectivity index (χ0v) is 7.41. The summed E-state index contributed by atoms with van der Waals surface area (Å²) in [6.45, 7) is 3.33. The summed E-state index contributed by atoms with van der Waals surface area (Å²) in [5, 5.41) is 2.77. The van der Waals surface area contributed by atoms with E-state index < -0.39 is 16.4 Å². The van der Waals surface area contributed by atoms with Crippen LogP contribution in [0.1, 0.15) is 13.8 Å². The summed E-state index contributed by atoms with van der Waals surface area (Å²) in [6.07, 6.45) is -0.251. The van der Waals surface area contributed by atoms with Gasteiger partial charge >= 0.3 is 16.4 Å². The molecule has 0 aromatic heterocycles. The van der Waals surface area contributed by atoms with Crippen LogP contribution in [0.2, 0.25) is 0 Å². The molecule has 0 bridgehead atoms. The van der Waals surface area contributed by atoms with Gasteiger partial charge in [0, 0.05) is 0 Å². The summed E-state index contributed by atoms with van der Waals surface area (Å²) >= 11 is 0. The molecule has 0 amide bonds. The van der Waals surface area contributed by atoms with Gasteiger partial charge in [0.05, 0.1) is 6.10 Å².